The number of hydrogen-bond acceptors (Lipinski definition) is 3. The Labute approximate surface area is 126 Å². The second kappa shape index (κ2) is 7.78. The van der Waals surface area contributed by atoms with Crippen LogP contribution in [0.5, 0.6) is 0 Å². The van der Waals surface area contributed by atoms with E-state index in [9.17, 15) is 9.59 Å². The standard InChI is InChI=1S/C16H27NO4/c18-14(7-3-4-8-15(19)20)17-11-12-21-16(13-17)9-5-1-2-6-10-16/h1-13H2,(H,19,20). The molecule has 1 heterocycles. The maximum Gasteiger partial charge on any atom is 0.303 e. The normalized spacial score (nSPS) is 22.0. The molecule has 5 nitrogen and oxygen atoms in total. The van der Waals surface area contributed by atoms with Gasteiger partial charge in [0.2, 0.25) is 5.91 Å². The van der Waals surface area contributed by atoms with Crippen molar-refractivity contribution >= 4 is 11.9 Å². The first-order valence-corrected chi connectivity index (χ1v) is 8.25. The summed E-state index contributed by atoms with van der Waals surface area (Å²) in [6, 6.07) is 0. The molecule has 2 rings (SSSR count). The van der Waals surface area contributed by atoms with Gasteiger partial charge in [-0.15, -0.1) is 0 Å². The van der Waals surface area contributed by atoms with Gasteiger partial charge in [0, 0.05) is 25.9 Å². The van der Waals surface area contributed by atoms with Crippen molar-refractivity contribution in [2.24, 2.45) is 0 Å². The summed E-state index contributed by atoms with van der Waals surface area (Å²) in [5.74, 6) is -0.626. The molecule has 120 valence electrons. The molecule has 0 bridgehead atoms. The number of unbranched alkanes of at least 4 members (excludes halogenated alkanes) is 1. The minimum absolute atomic E-state index is 0.106. The summed E-state index contributed by atoms with van der Waals surface area (Å²) in [4.78, 5) is 24.7. The van der Waals surface area contributed by atoms with Crippen LogP contribution in [0.4, 0.5) is 0 Å². The third-order valence-corrected chi connectivity index (χ3v) is 4.65. The lowest BCUT2D eigenvalue weighted by Crippen LogP contribution is -2.53. The van der Waals surface area contributed by atoms with Crippen LogP contribution in [-0.2, 0) is 14.3 Å². The average molecular weight is 297 g/mol. The Morgan fingerprint density at radius 1 is 1.05 bits per heavy atom. The Morgan fingerprint density at radius 3 is 2.38 bits per heavy atom. The monoisotopic (exact) mass is 297 g/mol. The number of carbonyl (C=O) groups is 2. The molecule has 21 heavy (non-hydrogen) atoms. The van der Waals surface area contributed by atoms with Crippen molar-refractivity contribution in [2.45, 2.75) is 69.8 Å². The van der Waals surface area contributed by atoms with Crippen molar-refractivity contribution in [1.82, 2.24) is 4.90 Å². The molecule has 1 amide bonds. The highest BCUT2D eigenvalue weighted by atomic mass is 16.5. The maximum atomic E-state index is 12.3. The van der Waals surface area contributed by atoms with Crippen molar-refractivity contribution in [2.75, 3.05) is 19.7 Å². The van der Waals surface area contributed by atoms with Gasteiger partial charge in [-0.1, -0.05) is 25.7 Å². The SMILES string of the molecule is O=C(O)CCCCC(=O)N1CCOC2(CCCCCC2)C1. The number of carboxylic acids is 1. The van der Waals surface area contributed by atoms with E-state index in [1.54, 1.807) is 0 Å². The van der Waals surface area contributed by atoms with Gasteiger partial charge in [0.1, 0.15) is 0 Å². The van der Waals surface area contributed by atoms with Gasteiger partial charge in [0.15, 0.2) is 0 Å². The Morgan fingerprint density at radius 2 is 1.71 bits per heavy atom. The molecule has 1 spiro atoms. The van der Waals surface area contributed by atoms with Crippen LogP contribution < -0.4 is 0 Å². The van der Waals surface area contributed by atoms with Crippen LogP contribution in [0.15, 0.2) is 0 Å². The van der Waals surface area contributed by atoms with Crippen molar-refractivity contribution < 1.29 is 19.4 Å². The van der Waals surface area contributed by atoms with Crippen LogP contribution in [-0.4, -0.2) is 47.2 Å². The minimum atomic E-state index is -0.786. The molecule has 1 aliphatic heterocycles. The predicted octanol–water partition coefficient (Wildman–Crippen LogP) is 2.58. The highest BCUT2D eigenvalue weighted by Crippen LogP contribution is 2.33. The third kappa shape index (κ3) is 4.99. The zero-order chi connectivity index (χ0) is 15.1. The first-order valence-electron chi connectivity index (χ1n) is 8.25. The summed E-state index contributed by atoms with van der Waals surface area (Å²) in [7, 11) is 0. The van der Waals surface area contributed by atoms with E-state index in [-0.39, 0.29) is 17.9 Å². The van der Waals surface area contributed by atoms with Gasteiger partial charge >= 0.3 is 5.97 Å². The summed E-state index contributed by atoms with van der Waals surface area (Å²) in [6.07, 6.45) is 8.92. The molecule has 0 radical (unpaired) electrons. The van der Waals surface area contributed by atoms with Gasteiger partial charge in [0.25, 0.3) is 0 Å². The van der Waals surface area contributed by atoms with Crippen molar-refractivity contribution in [1.29, 1.82) is 0 Å². The smallest absolute Gasteiger partial charge is 0.303 e. The highest BCUT2D eigenvalue weighted by Gasteiger charge is 2.38. The molecular weight excluding hydrogens is 270 g/mol. The van der Waals surface area contributed by atoms with E-state index >= 15 is 0 Å². The number of carbonyl (C=O) groups excluding carboxylic acids is 1. The van der Waals surface area contributed by atoms with Crippen LogP contribution in [0.2, 0.25) is 0 Å². The quantitative estimate of drug-likeness (QED) is 0.792. The van der Waals surface area contributed by atoms with Crippen LogP contribution in [0, 0.1) is 0 Å². The van der Waals surface area contributed by atoms with Gasteiger partial charge in [0.05, 0.1) is 12.2 Å². The predicted molar refractivity (Wildman–Crippen MR) is 79.1 cm³/mol. The number of morpholine rings is 1. The largest absolute Gasteiger partial charge is 0.481 e. The first kappa shape index (κ1) is 16.3. The zero-order valence-corrected chi connectivity index (χ0v) is 12.8. The van der Waals surface area contributed by atoms with Crippen molar-refractivity contribution in [3.63, 3.8) is 0 Å². The molecular formula is C16H27NO4. The van der Waals surface area contributed by atoms with E-state index in [4.69, 9.17) is 9.84 Å². The lowest BCUT2D eigenvalue weighted by Gasteiger charge is -2.42. The molecule has 1 N–H and O–H groups in total. The van der Waals surface area contributed by atoms with Crippen LogP contribution in [0.25, 0.3) is 0 Å². The lowest BCUT2D eigenvalue weighted by atomic mass is 9.92. The van der Waals surface area contributed by atoms with E-state index in [1.807, 2.05) is 4.90 Å². The average Bonchev–Trinajstić information content (AvgIpc) is 2.69. The Hall–Kier alpha value is -1.10. The van der Waals surface area contributed by atoms with E-state index in [2.05, 4.69) is 0 Å². The molecule has 1 saturated carbocycles. The maximum absolute atomic E-state index is 12.3. The molecule has 0 atom stereocenters. The molecule has 5 heteroatoms. The van der Waals surface area contributed by atoms with Gasteiger partial charge in [-0.2, -0.15) is 0 Å². The van der Waals surface area contributed by atoms with Gasteiger partial charge in [-0.3, -0.25) is 9.59 Å². The number of amides is 1. The lowest BCUT2D eigenvalue weighted by molar-refractivity contribution is -0.153. The summed E-state index contributed by atoms with van der Waals surface area (Å²) in [5.41, 5.74) is -0.106. The summed E-state index contributed by atoms with van der Waals surface area (Å²) >= 11 is 0. The number of rotatable bonds is 5. The fraction of sp³-hybridized carbons (Fsp3) is 0.875. The van der Waals surface area contributed by atoms with Crippen molar-refractivity contribution in [3.05, 3.63) is 0 Å². The van der Waals surface area contributed by atoms with Gasteiger partial charge in [-0.05, 0) is 25.7 Å². The van der Waals surface area contributed by atoms with E-state index in [1.165, 1.54) is 25.7 Å². The fourth-order valence-corrected chi connectivity index (χ4v) is 3.44. The fourth-order valence-electron chi connectivity index (χ4n) is 3.44. The first-order chi connectivity index (χ1) is 10.1. The number of carboxylic acid groups (broad SMARTS) is 1. The Kier molecular flexibility index (Phi) is 6.03. The number of aliphatic carboxylic acids is 1. The van der Waals surface area contributed by atoms with E-state index < -0.39 is 5.97 Å². The number of hydrogen-bond donors (Lipinski definition) is 1. The molecule has 2 aliphatic rings. The zero-order valence-electron chi connectivity index (χ0n) is 12.8. The molecule has 0 aromatic carbocycles. The molecule has 2 fully saturated rings. The van der Waals surface area contributed by atoms with Crippen molar-refractivity contribution in [3.8, 4) is 0 Å². The topological polar surface area (TPSA) is 66.8 Å². The number of nitrogens with zero attached hydrogens (tertiary/aromatic N) is 1. The molecule has 0 unspecified atom stereocenters. The van der Waals surface area contributed by atoms with Gasteiger partial charge < -0.3 is 14.7 Å². The molecule has 1 saturated heterocycles. The molecule has 0 aromatic rings. The minimum Gasteiger partial charge on any atom is -0.481 e. The summed E-state index contributed by atoms with van der Waals surface area (Å²) < 4.78 is 6.05. The second-order valence-electron chi connectivity index (χ2n) is 6.36. The van der Waals surface area contributed by atoms with Crippen LogP contribution >= 0.6 is 0 Å². The summed E-state index contributed by atoms with van der Waals surface area (Å²) in [5, 5.41) is 8.61. The third-order valence-electron chi connectivity index (χ3n) is 4.65. The van der Waals surface area contributed by atoms with Crippen LogP contribution in [0.1, 0.15) is 64.2 Å². The highest BCUT2D eigenvalue weighted by molar-refractivity contribution is 5.76. The van der Waals surface area contributed by atoms with Gasteiger partial charge in [-0.25, -0.2) is 0 Å². The molecule has 0 aromatic heterocycles. The number of ether oxygens (including phenoxy) is 1. The van der Waals surface area contributed by atoms with E-state index in [0.29, 0.717) is 32.4 Å². The summed E-state index contributed by atoms with van der Waals surface area (Å²) in [6.45, 7) is 2.05. The van der Waals surface area contributed by atoms with Crippen LogP contribution in [0.3, 0.4) is 0 Å². The Balaban J connectivity index is 1.79. The Bertz CT molecular complexity index is 361. The van der Waals surface area contributed by atoms with E-state index in [0.717, 1.165) is 19.4 Å². The second-order valence-corrected chi connectivity index (χ2v) is 6.36. The molecule has 1 aliphatic carbocycles.